The highest BCUT2D eigenvalue weighted by molar-refractivity contribution is 6.00. The smallest absolute Gasteiger partial charge is 0.219 e. The molecule has 0 radical (unpaired) electrons. The summed E-state index contributed by atoms with van der Waals surface area (Å²) < 4.78 is 0. The van der Waals surface area contributed by atoms with Gasteiger partial charge in [-0.2, -0.15) is 0 Å². The number of unbranched alkanes of at least 4 members (excludes halogenated alkanes) is 1. The number of rotatable bonds is 8. The molecule has 0 heterocycles. The van der Waals surface area contributed by atoms with E-state index in [1.807, 2.05) is 19.9 Å². The van der Waals surface area contributed by atoms with Crippen molar-refractivity contribution in [3.05, 3.63) is 11.6 Å². The monoisotopic (exact) mass is 223 g/mol. The van der Waals surface area contributed by atoms with Crippen LogP contribution in [0.1, 0.15) is 46.0 Å². The van der Waals surface area contributed by atoms with Crippen LogP contribution in [0.4, 0.5) is 0 Å². The van der Waals surface area contributed by atoms with Crippen LogP contribution in [0.15, 0.2) is 11.6 Å². The highest BCUT2D eigenvalue weighted by Crippen LogP contribution is 2.25. The van der Waals surface area contributed by atoms with Crippen LogP contribution in [0.2, 0.25) is 0 Å². The SMILES string of the molecule is CCC(=O)NCCCCC(C)C(=O)C1=CC1. The van der Waals surface area contributed by atoms with Gasteiger partial charge in [-0.05, 0) is 24.8 Å². The lowest BCUT2D eigenvalue weighted by Gasteiger charge is -2.08. The molecule has 0 fully saturated rings. The van der Waals surface area contributed by atoms with E-state index in [0.717, 1.165) is 37.8 Å². The first-order valence-electron chi connectivity index (χ1n) is 6.15. The van der Waals surface area contributed by atoms with Crippen LogP contribution in [0.3, 0.4) is 0 Å². The van der Waals surface area contributed by atoms with Crippen LogP contribution in [-0.2, 0) is 9.59 Å². The van der Waals surface area contributed by atoms with Crippen LogP contribution in [0.5, 0.6) is 0 Å². The fraction of sp³-hybridized carbons (Fsp3) is 0.692. The predicted octanol–water partition coefficient (Wildman–Crippen LogP) is 2.22. The van der Waals surface area contributed by atoms with Crippen molar-refractivity contribution >= 4 is 11.7 Å². The van der Waals surface area contributed by atoms with Gasteiger partial charge >= 0.3 is 0 Å². The Labute approximate surface area is 97.3 Å². The highest BCUT2D eigenvalue weighted by Gasteiger charge is 2.22. The number of carbonyl (C=O) groups is 2. The molecule has 0 aromatic rings. The number of hydrogen-bond acceptors (Lipinski definition) is 2. The third-order valence-corrected chi connectivity index (χ3v) is 2.88. The summed E-state index contributed by atoms with van der Waals surface area (Å²) in [5.74, 6) is 0.570. The van der Waals surface area contributed by atoms with Gasteiger partial charge in [-0.15, -0.1) is 0 Å². The van der Waals surface area contributed by atoms with Crippen LogP contribution in [0.25, 0.3) is 0 Å². The van der Waals surface area contributed by atoms with E-state index in [4.69, 9.17) is 0 Å². The van der Waals surface area contributed by atoms with Gasteiger partial charge in [0.15, 0.2) is 5.78 Å². The van der Waals surface area contributed by atoms with Crippen LogP contribution >= 0.6 is 0 Å². The van der Waals surface area contributed by atoms with Crippen molar-refractivity contribution in [1.29, 1.82) is 0 Å². The van der Waals surface area contributed by atoms with Gasteiger partial charge < -0.3 is 5.32 Å². The van der Waals surface area contributed by atoms with E-state index in [0.29, 0.717) is 12.2 Å². The minimum atomic E-state index is 0.104. The zero-order chi connectivity index (χ0) is 12.0. The first-order chi connectivity index (χ1) is 7.65. The molecule has 1 unspecified atom stereocenters. The minimum Gasteiger partial charge on any atom is -0.356 e. The molecule has 1 aliphatic rings. The van der Waals surface area contributed by atoms with Crippen molar-refractivity contribution in [2.75, 3.05) is 6.54 Å². The summed E-state index contributed by atoms with van der Waals surface area (Å²) in [4.78, 5) is 22.5. The number of nitrogens with one attached hydrogen (secondary N) is 1. The van der Waals surface area contributed by atoms with Crippen molar-refractivity contribution < 1.29 is 9.59 Å². The summed E-state index contributed by atoms with van der Waals surface area (Å²) in [7, 11) is 0. The molecule has 16 heavy (non-hydrogen) atoms. The second-order valence-corrected chi connectivity index (χ2v) is 4.40. The molecule has 0 aliphatic heterocycles. The average Bonchev–Trinajstić information content (AvgIpc) is 3.10. The first kappa shape index (κ1) is 12.9. The van der Waals surface area contributed by atoms with E-state index < -0.39 is 0 Å². The highest BCUT2D eigenvalue weighted by atomic mass is 16.1. The Balaban J connectivity index is 2.00. The molecule has 0 saturated heterocycles. The van der Waals surface area contributed by atoms with Gasteiger partial charge in [0.1, 0.15) is 0 Å². The number of hydrogen-bond donors (Lipinski definition) is 1. The van der Waals surface area contributed by atoms with Crippen LogP contribution in [-0.4, -0.2) is 18.2 Å². The Morgan fingerprint density at radius 3 is 2.69 bits per heavy atom. The molecule has 0 aromatic carbocycles. The zero-order valence-electron chi connectivity index (χ0n) is 10.2. The van der Waals surface area contributed by atoms with Crippen molar-refractivity contribution in [3.8, 4) is 0 Å². The summed E-state index contributed by atoms with van der Waals surface area (Å²) in [6, 6.07) is 0. The summed E-state index contributed by atoms with van der Waals surface area (Å²) in [6.07, 6.45) is 6.32. The fourth-order valence-electron chi connectivity index (χ4n) is 1.63. The molecule has 90 valence electrons. The second-order valence-electron chi connectivity index (χ2n) is 4.40. The molecule has 1 aliphatic carbocycles. The van der Waals surface area contributed by atoms with Crippen molar-refractivity contribution in [2.45, 2.75) is 46.0 Å². The quantitative estimate of drug-likeness (QED) is 0.641. The molecule has 1 rings (SSSR count). The molecule has 0 spiro atoms. The van der Waals surface area contributed by atoms with E-state index in [2.05, 4.69) is 5.32 Å². The molecule has 0 bridgehead atoms. The van der Waals surface area contributed by atoms with Crippen LogP contribution < -0.4 is 5.32 Å². The fourth-order valence-corrected chi connectivity index (χ4v) is 1.63. The van der Waals surface area contributed by atoms with Crippen molar-refractivity contribution in [1.82, 2.24) is 5.32 Å². The third-order valence-electron chi connectivity index (χ3n) is 2.88. The number of amides is 1. The maximum atomic E-state index is 11.6. The Hall–Kier alpha value is -1.12. The molecule has 3 heteroatoms. The zero-order valence-corrected chi connectivity index (χ0v) is 10.2. The van der Waals surface area contributed by atoms with E-state index in [1.54, 1.807) is 0 Å². The van der Waals surface area contributed by atoms with Gasteiger partial charge in [-0.3, -0.25) is 9.59 Å². The van der Waals surface area contributed by atoms with Gasteiger partial charge in [-0.25, -0.2) is 0 Å². The lowest BCUT2D eigenvalue weighted by atomic mass is 9.98. The first-order valence-corrected chi connectivity index (χ1v) is 6.15. The molecule has 0 aromatic heterocycles. The van der Waals surface area contributed by atoms with Gasteiger partial charge in [0.25, 0.3) is 0 Å². The van der Waals surface area contributed by atoms with Gasteiger partial charge in [0, 0.05) is 18.9 Å². The van der Waals surface area contributed by atoms with Gasteiger partial charge in [-0.1, -0.05) is 26.3 Å². The summed E-state index contributed by atoms with van der Waals surface area (Å²) >= 11 is 0. The van der Waals surface area contributed by atoms with Gasteiger partial charge in [0.05, 0.1) is 0 Å². The maximum absolute atomic E-state index is 11.6. The van der Waals surface area contributed by atoms with E-state index in [-0.39, 0.29) is 11.8 Å². The standard InChI is InChI=1S/C13H21NO2/c1-3-12(15)14-9-5-4-6-10(2)13(16)11-7-8-11/h7,10H,3-6,8-9H2,1-2H3,(H,14,15). The van der Waals surface area contributed by atoms with Crippen LogP contribution in [0, 0.1) is 5.92 Å². The molecule has 1 atom stereocenters. The number of ketones is 1. The minimum absolute atomic E-state index is 0.104. The predicted molar refractivity (Wildman–Crippen MR) is 64.0 cm³/mol. The Morgan fingerprint density at radius 1 is 1.44 bits per heavy atom. The number of allylic oxidation sites excluding steroid dienone is 2. The lowest BCUT2D eigenvalue weighted by molar-refractivity contribution is -0.121. The summed E-state index contributed by atoms with van der Waals surface area (Å²) in [5, 5.41) is 2.84. The molecular formula is C13H21NO2. The Bertz CT molecular complexity index is 294. The van der Waals surface area contributed by atoms with Crippen molar-refractivity contribution in [3.63, 3.8) is 0 Å². The Kier molecular flexibility index (Phi) is 5.23. The van der Waals surface area contributed by atoms with E-state index in [9.17, 15) is 9.59 Å². The number of Topliss-reactive ketones (excluding diaryl/α,β-unsaturated/α-hetero) is 1. The molecule has 0 saturated carbocycles. The average molecular weight is 223 g/mol. The maximum Gasteiger partial charge on any atom is 0.219 e. The largest absolute Gasteiger partial charge is 0.356 e. The van der Waals surface area contributed by atoms with Gasteiger partial charge in [0.2, 0.25) is 5.91 Å². The van der Waals surface area contributed by atoms with Crippen molar-refractivity contribution in [2.24, 2.45) is 5.92 Å². The topological polar surface area (TPSA) is 46.2 Å². The second kappa shape index (κ2) is 6.46. The van der Waals surface area contributed by atoms with E-state index in [1.165, 1.54) is 0 Å². The Morgan fingerprint density at radius 2 is 2.12 bits per heavy atom. The molecule has 1 amide bonds. The molecule has 1 N–H and O–H groups in total. The lowest BCUT2D eigenvalue weighted by Crippen LogP contribution is -2.23. The number of carbonyl (C=O) groups excluding carboxylic acids is 2. The van der Waals surface area contributed by atoms with E-state index >= 15 is 0 Å². The normalized spacial score (nSPS) is 15.2. The molecular weight excluding hydrogens is 202 g/mol. The summed E-state index contributed by atoms with van der Waals surface area (Å²) in [5.41, 5.74) is 1.01. The molecule has 3 nitrogen and oxygen atoms in total. The third kappa shape index (κ3) is 4.60. The summed E-state index contributed by atoms with van der Waals surface area (Å²) in [6.45, 7) is 4.57.